The van der Waals surface area contributed by atoms with E-state index in [0.29, 0.717) is 23.1 Å². The van der Waals surface area contributed by atoms with Crippen molar-refractivity contribution in [2.45, 2.75) is 11.8 Å². The number of methoxy groups -OCH3 is 1. The number of carbonyl (C=O) groups excluding carboxylic acids is 1. The third kappa shape index (κ3) is 5.48. The van der Waals surface area contributed by atoms with E-state index in [0.717, 1.165) is 0 Å². The zero-order chi connectivity index (χ0) is 22.4. The van der Waals surface area contributed by atoms with Gasteiger partial charge in [0.1, 0.15) is 16.4 Å². The lowest BCUT2D eigenvalue weighted by molar-refractivity contribution is 0.102. The molecule has 0 spiro atoms. The fraction of sp³-hybridized carbons (Fsp3) is 0.136. The fourth-order valence-electron chi connectivity index (χ4n) is 2.80. The molecular formula is C22H21ClN2O5S. The van der Waals surface area contributed by atoms with Crippen LogP contribution in [-0.4, -0.2) is 28.0 Å². The average molecular weight is 461 g/mol. The van der Waals surface area contributed by atoms with Gasteiger partial charge in [0.05, 0.1) is 24.3 Å². The maximum Gasteiger partial charge on any atom is 0.265 e. The highest BCUT2D eigenvalue weighted by Gasteiger charge is 2.21. The van der Waals surface area contributed by atoms with E-state index in [1.807, 2.05) is 6.92 Å². The molecule has 7 nitrogen and oxygen atoms in total. The van der Waals surface area contributed by atoms with Crippen molar-refractivity contribution in [3.63, 3.8) is 0 Å². The second kappa shape index (κ2) is 9.72. The Labute approximate surface area is 186 Å². The molecule has 31 heavy (non-hydrogen) atoms. The number of nitrogens with one attached hydrogen (secondary N) is 2. The van der Waals surface area contributed by atoms with Crippen molar-refractivity contribution in [2.24, 2.45) is 0 Å². The van der Waals surface area contributed by atoms with E-state index >= 15 is 0 Å². The van der Waals surface area contributed by atoms with Crippen LogP contribution in [0.1, 0.15) is 17.3 Å². The first-order chi connectivity index (χ1) is 14.8. The Morgan fingerprint density at radius 2 is 1.68 bits per heavy atom. The lowest BCUT2D eigenvalue weighted by Gasteiger charge is -2.14. The minimum atomic E-state index is -4.01. The second-order valence-corrected chi connectivity index (χ2v) is 8.42. The van der Waals surface area contributed by atoms with Gasteiger partial charge in [-0.05, 0) is 61.5 Å². The van der Waals surface area contributed by atoms with Crippen molar-refractivity contribution in [1.82, 2.24) is 0 Å². The average Bonchev–Trinajstić information content (AvgIpc) is 2.75. The van der Waals surface area contributed by atoms with Crippen LogP contribution in [0.15, 0.2) is 71.6 Å². The Bertz CT molecular complexity index is 1180. The molecule has 162 valence electrons. The summed E-state index contributed by atoms with van der Waals surface area (Å²) < 4.78 is 39.1. The molecule has 0 saturated carbocycles. The zero-order valence-corrected chi connectivity index (χ0v) is 18.5. The first-order valence-corrected chi connectivity index (χ1v) is 11.2. The van der Waals surface area contributed by atoms with Crippen LogP contribution >= 0.6 is 11.6 Å². The summed E-state index contributed by atoms with van der Waals surface area (Å²) in [5, 5.41) is 2.95. The van der Waals surface area contributed by atoms with Crippen LogP contribution < -0.4 is 19.5 Å². The molecule has 3 rings (SSSR count). The van der Waals surface area contributed by atoms with Gasteiger partial charge in [-0.1, -0.05) is 23.7 Å². The molecule has 0 aromatic heterocycles. The van der Waals surface area contributed by atoms with Crippen molar-refractivity contribution >= 4 is 38.9 Å². The molecule has 3 aromatic carbocycles. The minimum Gasteiger partial charge on any atom is -0.495 e. The third-order valence-corrected chi connectivity index (χ3v) is 5.98. The highest BCUT2D eigenvalue weighted by Crippen LogP contribution is 2.30. The van der Waals surface area contributed by atoms with Crippen LogP contribution in [0.3, 0.4) is 0 Å². The summed E-state index contributed by atoms with van der Waals surface area (Å²) in [5.41, 5.74) is 0.908. The molecule has 2 N–H and O–H groups in total. The number of hydrogen-bond acceptors (Lipinski definition) is 5. The second-order valence-electron chi connectivity index (χ2n) is 6.36. The van der Waals surface area contributed by atoms with E-state index < -0.39 is 15.9 Å². The van der Waals surface area contributed by atoms with Crippen molar-refractivity contribution in [2.75, 3.05) is 23.8 Å². The molecule has 0 aliphatic heterocycles. The number of anilines is 2. The normalized spacial score (nSPS) is 10.9. The summed E-state index contributed by atoms with van der Waals surface area (Å²) >= 11 is 6.06. The highest BCUT2D eigenvalue weighted by molar-refractivity contribution is 7.92. The quantitative estimate of drug-likeness (QED) is 0.503. The van der Waals surface area contributed by atoms with Gasteiger partial charge < -0.3 is 14.8 Å². The molecule has 0 bridgehead atoms. The third-order valence-electron chi connectivity index (χ3n) is 4.25. The van der Waals surface area contributed by atoms with Gasteiger partial charge in [0, 0.05) is 11.4 Å². The largest absolute Gasteiger partial charge is 0.495 e. The first-order valence-electron chi connectivity index (χ1n) is 9.33. The summed E-state index contributed by atoms with van der Waals surface area (Å²) in [6.45, 7) is 2.37. The van der Waals surface area contributed by atoms with Crippen LogP contribution in [-0.2, 0) is 10.0 Å². The predicted molar refractivity (Wildman–Crippen MR) is 121 cm³/mol. The molecule has 0 unspecified atom stereocenters. The van der Waals surface area contributed by atoms with E-state index in [1.54, 1.807) is 54.6 Å². The molecule has 0 aliphatic carbocycles. The maximum absolute atomic E-state index is 13.0. The van der Waals surface area contributed by atoms with Crippen LogP contribution in [0.25, 0.3) is 0 Å². The Kier molecular flexibility index (Phi) is 7.04. The lowest BCUT2D eigenvalue weighted by Crippen LogP contribution is -2.16. The SMILES string of the molecule is CCOc1ccc(NS(=O)(=O)c2cc(NC(=O)c3ccccc3Cl)ccc2OC)cc1. The number of hydrogen-bond donors (Lipinski definition) is 2. The van der Waals surface area contributed by atoms with Gasteiger partial charge in [0.2, 0.25) is 0 Å². The van der Waals surface area contributed by atoms with Gasteiger partial charge >= 0.3 is 0 Å². The first kappa shape index (κ1) is 22.5. The Morgan fingerprint density at radius 1 is 1.00 bits per heavy atom. The molecule has 0 radical (unpaired) electrons. The topological polar surface area (TPSA) is 93.7 Å². The molecular weight excluding hydrogens is 440 g/mol. The number of ether oxygens (including phenoxy) is 2. The van der Waals surface area contributed by atoms with Gasteiger partial charge in [-0.2, -0.15) is 0 Å². The van der Waals surface area contributed by atoms with E-state index in [-0.39, 0.29) is 21.9 Å². The van der Waals surface area contributed by atoms with E-state index in [2.05, 4.69) is 10.0 Å². The summed E-state index contributed by atoms with van der Waals surface area (Å²) in [5.74, 6) is 0.306. The van der Waals surface area contributed by atoms with Crippen molar-refractivity contribution < 1.29 is 22.7 Å². The van der Waals surface area contributed by atoms with Crippen molar-refractivity contribution in [3.8, 4) is 11.5 Å². The fourth-order valence-corrected chi connectivity index (χ4v) is 4.28. The molecule has 0 atom stereocenters. The van der Waals surface area contributed by atoms with Crippen LogP contribution in [0.2, 0.25) is 5.02 Å². The molecule has 3 aromatic rings. The number of rotatable bonds is 8. The molecule has 9 heteroatoms. The number of halogens is 1. The van der Waals surface area contributed by atoms with Gasteiger partial charge in [0.15, 0.2) is 0 Å². The Morgan fingerprint density at radius 3 is 2.32 bits per heavy atom. The Hall–Kier alpha value is -3.23. The molecule has 1 amide bonds. The summed E-state index contributed by atoms with van der Waals surface area (Å²) in [4.78, 5) is 12.4. The summed E-state index contributed by atoms with van der Waals surface area (Å²) in [7, 11) is -2.64. The number of sulfonamides is 1. The zero-order valence-electron chi connectivity index (χ0n) is 16.9. The number of carbonyl (C=O) groups is 1. The van der Waals surface area contributed by atoms with E-state index in [4.69, 9.17) is 21.1 Å². The van der Waals surface area contributed by atoms with E-state index in [9.17, 15) is 13.2 Å². The number of amides is 1. The maximum atomic E-state index is 13.0. The van der Waals surface area contributed by atoms with Crippen molar-refractivity contribution in [3.05, 3.63) is 77.3 Å². The van der Waals surface area contributed by atoms with Crippen LogP contribution in [0, 0.1) is 0 Å². The summed E-state index contributed by atoms with van der Waals surface area (Å²) in [6, 6.07) is 17.4. The van der Waals surface area contributed by atoms with Crippen molar-refractivity contribution in [1.29, 1.82) is 0 Å². The minimum absolute atomic E-state index is 0.124. The van der Waals surface area contributed by atoms with Crippen LogP contribution in [0.5, 0.6) is 11.5 Å². The van der Waals surface area contributed by atoms with Crippen LogP contribution in [0.4, 0.5) is 11.4 Å². The summed E-state index contributed by atoms with van der Waals surface area (Å²) in [6.07, 6.45) is 0. The van der Waals surface area contributed by atoms with Gasteiger partial charge in [-0.3, -0.25) is 9.52 Å². The van der Waals surface area contributed by atoms with Gasteiger partial charge in [-0.25, -0.2) is 8.42 Å². The van der Waals surface area contributed by atoms with E-state index in [1.165, 1.54) is 19.2 Å². The molecule has 0 saturated heterocycles. The highest BCUT2D eigenvalue weighted by atomic mass is 35.5. The van der Waals surface area contributed by atoms with Gasteiger partial charge in [0.25, 0.3) is 15.9 Å². The molecule has 0 fully saturated rings. The standard InChI is InChI=1S/C22H21ClN2O5S/c1-3-30-17-11-8-15(9-12-17)25-31(27,28)21-14-16(10-13-20(21)29-2)24-22(26)18-6-4-5-7-19(18)23/h4-14,25H,3H2,1-2H3,(H,24,26). The van der Waals surface area contributed by atoms with Gasteiger partial charge in [-0.15, -0.1) is 0 Å². The predicted octanol–water partition coefficient (Wildman–Crippen LogP) is 4.80. The Balaban J connectivity index is 1.87. The molecule has 0 aliphatic rings. The molecule has 0 heterocycles. The monoisotopic (exact) mass is 460 g/mol. The number of benzene rings is 3. The smallest absolute Gasteiger partial charge is 0.265 e. The lowest BCUT2D eigenvalue weighted by atomic mass is 10.2.